The van der Waals surface area contributed by atoms with Gasteiger partial charge < -0.3 is 9.88 Å². The average Bonchev–Trinajstić information content (AvgIpc) is 2.87. The summed E-state index contributed by atoms with van der Waals surface area (Å²) >= 11 is 0. The Morgan fingerprint density at radius 3 is 2.62 bits per heavy atom. The summed E-state index contributed by atoms with van der Waals surface area (Å²) in [7, 11) is 1.64. The van der Waals surface area contributed by atoms with Crippen molar-refractivity contribution in [3.8, 4) is 0 Å². The van der Waals surface area contributed by atoms with Crippen molar-refractivity contribution in [1.29, 1.82) is 0 Å². The fraction of sp³-hybridized carbons (Fsp3) is 0.429. The van der Waals surface area contributed by atoms with Gasteiger partial charge in [-0.3, -0.25) is 9.36 Å². The van der Waals surface area contributed by atoms with Gasteiger partial charge in [0, 0.05) is 32.1 Å². The Morgan fingerprint density at radius 2 is 2.00 bits per heavy atom. The second-order valence-corrected chi connectivity index (χ2v) is 6.04. The number of aryl methyl sites for hydroxylation is 1. The Labute approximate surface area is 118 Å². The van der Waals surface area contributed by atoms with E-state index in [2.05, 4.69) is 4.98 Å². The second kappa shape index (κ2) is 3.52. The zero-order chi connectivity index (χ0) is 15.0. The molecule has 2 aliphatic rings. The molecule has 2 fully saturated rings. The van der Waals surface area contributed by atoms with Gasteiger partial charge in [0.2, 0.25) is 0 Å². The molecule has 1 aliphatic carbocycles. The number of halogens is 2. The van der Waals surface area contributed by atoms with Crippen LogP contribution in [0.5, 0.6) is 0 Å². The summed E-state index contributed by atoms with van der Waals surface area (Å²) in [4.78, 5) is 27.9. The van der Waals surface area contributed by atoms with E-state index in [9.17, 15) is 18.4 Å². The SMILES string of the molecule is Cn1c(=O)[nH]c2cc(C(=O)N3CC4(C3)CC4(F)F)ccc21. The molecule has 21 heavy (non-hydrogen) atoms. The van der Waals surface area contributed by atoms with E-state index in [4.69, 9.17) is 0 Å². The van der Waals surface area contributed by atoms with Crippen LogP contribution in [0.15, 0.2) is 23.0 Å². The number of hydrogen-bond donors (Lipinski definition) is 1. The van der Waals surface area contributed by atoms with E-state index in [1.807, 2.05) is 0 Å². The van der Waals surface area contributed by atoms with Crippen molar-refractivity contribution >= 4 is 16.9 Å². The lowest BCUT2D eigenvalue weighted by Gasteiger charge is -2.39. The maximum Gasteiger partial charge on any atom is 0.326 e. The molecule has 2 heterocycles. The Balaban J connectivity index is 1.60. The number of hydrogen-bond acceptors (Lipinski definition) is 2. The molecule has 2 aromatic rings. The summed E-state index contributed by atoms with van der Waals surface area (Å²) < 4.78 is 27.7. The van der Waals surface area contributed by atoms with Crippen molar-refractivity contribution in [2.45, 2.75) is 12.3 Å². The molecule has 1 amide bonds. The fourth-order valence-electron chi connectivity index (χ4n) is 3.10. The lowest BCUT2D eigenvalue weighted by atomic mass is 9.95. The van der Waals surface area contributed by atoms with Gasteiger partial charge in [-0.1, -0.05) is 0 Å². The van der Waals surface area contributed by atoms with E-state index in [0.717, 1.165) is 0 Å². The van der Waals surface area contributed by atoms with E-state index in [0.29, 0.717) is 16.6 Å². The standard InChI is InChI=1S/C14H13F2N3O2/c1-18-10-3-2-8(4-9(10)17-12(18)21)11(20)19-6-13(7-19)5-14(13,15)16/h2-4H,5-7H2,1H3,(H,17,21). The monoisotopic (exact) mass is 293 g/mol. The molecule has 1 aromatic carbocycles. The van der Waals surface area contributed by atoms with Gasteiger partial charge in [0.05, 0.1) is 16.4 Å². The predicted molar refractivity (Wildman–Crippen MR) is 71.4 cm³/mol. The molecule has 0 unspecified atom stereocenters. The first kappa shape index (κ1) is 12.6. The van der Waals surface area contributed by atoms with Crippen LogP contribution in [-0.2, 0) is 7.05 Å². The number of nitrogens with one attached hydrogen (secondary N) is 1. The van der Waals surface area contributed by atoms with Crippen LogP contribution in [0.3, 0.4) is 0 Å². The van der Waals surface area contributed by atoms with Crippen LogP contribution < -0.4 is 5.69 Å². The number of H-pyrrole nitrogens is 1. The van der Waals surface area contributed by atoms with Gasteiger partial charge in [-0.25, -0.2) is 13.6 Å². The van der Waals surface area contributed by atoms with Gasteiger partial charge in [0.1, 0.15) is 0 Å². The summed E-state index contributed by atoms with van der Waals surface area (Å²) in [6.07, 6.45) is -0.116. The molecular formula is C14H13F2N3O2. The minimum atomic E-state index is -2.61. The molecule has 7 heteroatoms. The highest BCUT2D eigenvalue weighted by Crippen LogP contribution is 2.65. The molecule has 0 atom stereocenters. The Bertz CT molecular complexity index is 830. The first-order valence-electron chi connectivity index (χ1n) is 6.69. The molecule has 110 valence electrons. The number of nitrogens with zero attached hydrogens (tertiary/aromatic N) is 2. The minimum absolute atomic E-state index is 0.113. The molecule has 0 bridgehead atoms. The Morgan fingerprint density at radius 1 is 1.33 bits per heavy atom. The highest BCUT2D eigenvalue weighted by atomic mass is 19.3. The fourth-order valence-corrected chi connectivity index (χ4v) is 3.10. The molecule has 1 N–H and O–H groups in total. The van der Waals surface area contributed by atoms with Crippen molar-refractivity contribution < 1.29 is 13.6 Å². The maximum atomic E-state index is 13.1. The molecule has 1 spiro atoms. The summed E-state index contributed by atoms with van der Waals surface area (Å²) in [6, 6.07) is 4.89. The molecule has 4 rings (SSSR count). The first-order valence-corrected chi connectivity index (χ1v) is 6.69. The quantitative estimate of drug-likeness (QED) is 0.863. The number of carbonyl (C=O) groups is 1. The van der Waals surface area contributed by atoms with Gasteiger partial charge in [-0.2, -0.15) is 0 Å². The third-order valence-electron chi connectivity index (χ3n) is 4.64. The summed E-state index contributed by atoms with van der Waals surface area (Å²) in [5.74, 6) is -2.88. The highest BCUT2D eigenvalue weighted by Gasteiger charge is 2.76. The van der Waals surface area contributed by atoms with E-state index in [1.165, 1.54) is 9.47 Å². The molecule has 5 nitrogen and oxygen atoms in total. The van der Waals surface area contributed by atoms with E-state index >= 15 is 0 Å². The number of imidazole rings is 1. The van der Waals surface area contributed by atoms with Gasteiger partial charge in [-0.15, -0.1) is 0 Å². The zero-order valence-electron chi connectivity index (χ0n) is 11.3. The summed E-state index contributed by atoms with van der Waals surface area (Å²) in [5.41, 5.74) is 0.456. The predicted octanol–water partition coefficient (Wildman–Crippen LogP) is 1.35. The number of amides is 1. The highest BCUT2D eigenvalue weighted by molar-refractivity contribution is 5.98. The average molecular weight is 293 g/mol. The smallest absolute Gasteiger partial charge is 0.326 e. The number of aromatic amines is 1. The van der Waals surface area contributed by atoms with Crippen LogP contribution in [0.4, 0.5) is 8.78 Å². The van der Waals surface area contributed by atoms with Gasteiger partial charge in [0.25, 0.3) is 11.8 Å². The number of alkyl halides is 2. The molecule has 0 radical (unpaired) electrons. The number of likely N-dealkylation sites (tertiary alicyclic amines) is 1. The van der Waals surface area contributed by atoms with Crippen LogP contribution in [0.1, 0.15) is 16.8 Å². The molecule has 1 aliphatic heterocycles. The summed E-state index contributed by atoms with van der Waals surface area (Å²) in [6.45, 7) is 0.227. The van der Waals surface area contributed by atoms with Crippen LogP contribution in [0.2, 0.25) is 0 Å². The maximum absolute atomic E-state index is 13.1. The van der Waals surface area contributed by atoms with E-state index in [-0.39, 0.29) is 31.1 Å². The number of carbonyl (C=O) groups excluding carboxylic acids is 1. The largest absolute Gasteiger partial charge is 0.337 e. The first-order chi connectivity index (χ1) is 9.83. The lowest BCUT2D eigenvalue weighted by Crippen LogP contribution is -2.54. The topological polar surface area (TPSA) is 58.1 Å². The van der Waals surface area contributed by atoms with Crippen molar-refractivity contribution in [3.05, 3.63) is 34.2 Å². The summed E-state index contributed by atoms with van der Waals surface area (Å²) in [5, 5.41) is 0. The normalized spacial score (nSPS) is 21.6. The zero-order valence-corrected chi connectivity index (χ0v) is 11.3. The number of aromatic nitrogens is 2. The van der Waals surface area contributed by atoms with Crippen molar-refractivity contribution in [3.63, 3.8) is 0 Å². The number of benzene rings is 1. The van der Waals surface area contributed by atoms with E-state index < -0.39 is 11.3 Å². The van der Waals surface area contributed by atoms with Gasteiger partial charge >= 0.3 is 5.69 Å². The Hall–Kier alpha value is -2.18. The third kappa shape index (κ3) is 1.54. The van der Waals surface area contributed by atoms with Gasteiger partial charge in [0.15, 0.2) is 0 Å². The molecule has 1 saturated heterocycles. The van der Waals surface area contributed by atoms with Crippen molar-refractivity contribution in [2.75, 3.05) is 13.1 Å². The van der Waals surface area contributed by atoms with Crippen LogP contribution in [0.25, 0.3) is 11.0 Å². The lowest BCUT2D eigenvalue weighted by molar-refractivity contribution is -0.0152. The van der Waals surface area contributed by atoms with Crippen LogP contribution >= 0.6 is 0 Å². The third-order valence-corrected chi connectivity index (χ3v) is 4.64. The number of rotatable bonds is 1. The van der Waals surface area contributed by atoms with Crippen LogP contribution in [-0.4, -0.2) is 39.4 Å². The molecule has 1 saturated carbocycles. The Kier molecular flexibility index (Phi) is 2.11. The van der Waals surface area contributed by atoms with Crippen LogP contribution in [0, 0.1) is 5.41 Å². The molecular weight excluding hydrogens is 280 g/mol. The van der Waals surface area contributed by atoms with Gasteiger partial charge in [-0.05, 0) is 18.2 Å². The van der Waals surface area contributed by atoms with E-state index in [1.54, 1.807) is 25.2 Å². The van der Waals surface area contributed by atoms with Crippen molar-refractivity contribution in [2.24, 2.45) is 12.5 Å². The minimum Gasteiger partial charge on any atom is -0.337 e. The number of fused-ring (bicyclic) bond motifs is 1. The second-order valence-electron chi connectivity index (χ2n) is 6.04. The van der Waals surface area contributed by atoms with Crippen molar-refractivity contribution in [1.82, 2.24) is 14.5 Å². The molecule has 1 aromatic heterocycles.